The molecule has 168 valence electrons. The highest BCUT2D eigenvalue weighted by molar-refractivity contribution is 5.11. The van der Waals surface area contributed by atoms with Gasteiger partial charge in [0.25, 0.3) is 0 Å². The molecule has 29 heavy (non-hydrogen) atoms. The standard InChI is InChI=1S/C24H39F3O2/c1-21-11-10-20-18(19(21)9-7-16(21)5-3-4-14-28)8-6-17-15-23(29,24(25,26)27)13-12-22(17,20)2/h16-20,28-29H,3-15H2,1-2H3/t16-,17?,18?,19?,20?,21?,22?,23+/m1/s1. The molecule has 0 aromatic heterocycles. The van der Waals surface area contributed by atoms with Crippen molar-refractivity contribution in [1.82, 2.24) is 0 Å². The fourth-order valence-electron chi connectivity index (χ4n) is 8.59. The smallest absolute Gasteiger partial charge is 0.396 e. The number of unbranched alkanes of at least 4 members (excludes halogenated alkanes) is 1. The second-order valence-corrected chi connectivity index (χ2v) is 11.4. The van der Waals surface area contributed by atoms with E-state index in [-0.39, 0.29) is 30.8 Å². The molecule has 8 atom stereocenters. The average molecular weight is 417 g/mol. The number of rotatable bonds is 4. The second kappa shape index (κ2) is 7.39. The molecular weight excluding hydrogens is 377 g/mol. The Balaban J connectivity index is 1.50. The second-order valence-electron chi connectivity index (χ2n) is 11.4. The van der Waals surface area contributed by atoms with Crippen LogP contribution in [0.3, 0.4) is 0 Å². The molecule has 0 aromatic rings. The van der Waals surface area contributed by atoms with Crippen molar-refractivity contribution in [1.29, 1.82) is 0 Å². The first-order chi connectivity index (χ1) is 13.6. The molecule has 0 aromatic carbocycles. The molecule has 0 bridgehead atoms. The maximum Gasteiger partial charge on any atom is 0.417 e. The minimum atomic E-state index is -4.51. The number of fused-ring (bicyclic) bond motifs is 5. The third kappa shape index (κ3) is 3.37. The number of halogens is 3. The molecule has 5 heteroatoms. The average Bonchev–Trinajstić information content (AvgIpc) is 2.98. The predicted octanol–water partition coefficient (Wildman–Crippen LogP) is 6.10. The van der Waals surface area contributed by atoms with E-state index in [1.165, 1.54) is 25.7 Å². The Morgan fingerprint density at radius 2 is 1.59 bits per heavy atom. The van der Waals surface area contributed by atoms with Crippen LogP contribution in [0, 0.1) is 40.4 Å². The van der Waals surface area contributed by atoms with Crippen molar-refractivity contribution in [2.45, 2.75) is 103 Å². The Morgan fingerprint density at radius 1 is 0.862 bits per heavy atom. The maximum absolute atomic E-state index is 13.5. The van der Waals surface area contributed by atoms with Crippen LogP contribution in [-0.2, 0) is 0 Å². The Hall–Kier alpha value is -0.290. The van der Waals surface area contributed by atoms with E-state index in [2.05, 4.69) is 13.8 Å². The molecule has 4 saturated carbocycles. The largest absolute Gasteiger partial charge is 0.417 e. The zero-order chi connectivity index (χ0) is 21.1. The summed E-state index contributed by atoms with van der Waals surface area (Å²) in [6, 6.07) is 0. The molecule has 0 amide bonds. The SMILES string of the molecule is CC12CC[C@@](O)(C(F)(F)F)CC1CCC1C2CCC2(C)C1CC[C@H]2CCCCO. The number of hydrogen-bond acceptors (Lipinski definition) is 2. The minimum Gasteiger partial charge on any atom is -0.396 e. The normalized spacial score (nSPS) is 50.0. The molecule has 4 aliphatic rings. The first-order valence-corrected chi connectivity index (χ1v) is 12.0. The molecule has 0 aliphatic heterocycles. The predicted molar refractivity (Wildman–Crippen MR) is 107 cm³/mol. The molecule has 4 rings (SSSR count). The van der Waals surface area contributed by atoms with Gasteiger partial charge in [0.1, 0.15) is 0 Å². The van der Waals surface area contributed by atoms with Gasteiger partial charge in [0.15, 0.2) is 5.60 Å². The topological polar surface area (TPSA) is 40.5 Å². The van der Waals surface area contributed by atoms with E-state index >= 15 is 0 Å². The highest BCUT2D eigenvalue weighted by Crippen LogP contribution is 2.69. The van der Waals surface area contributed by atoms with Gasteiger partial charge in [-0.25, -0.2) is 0 Å². The highest BCUT2D eigenvalue weighted by Gasteiger charge is 2.64. The van der Waals surface area contributed by atoms with E-state index in [1.807, 2.05) is 0 Å². The number of aliphatic hydroxyl groups is 2. The molecule has 0 radical (unpaired) electrons. The van der Waals surface area contributed by atoms with Gasteiger partial charge in [0, 0.05) is 6.61 Å². The summed E-state index contributed by atoms with van der Waals surface area (Å²) in [6.07, 6.45) is 5.78. The summed E-state index contributed by atoms with van der Waals surface area (Å²) in [6.45, 7) is 5.02. The van der Waals surface area contributed by atoms with Crippen molar-refractivity contribution in [3.8, 4) is 0 Å². The Kier molecular flexibility index (Phi) is 5.59. The summed E-state index contributed by atoms with van der Waals surface area (Å²) >= 11 is 0. The lowest BCUT2D eigenvalue weighted by atomic mass is 9.43. The van der Waals surface area contributed by atoms with Gasteiger partial charge in [0.05, 0.1) is 0 Å². The van der Waals surface area contributed by atoms with E-state index in [4.69, 9.17) is 5.11 Å². The van der Waals surface area contributed by atoms with Crippen molar-refractivity contribution < 1.29 is 23.4 Å². The number of hydrogen-bond donors (Lipinski definition) is 2. The van der Waals surface area contributed by atoms with Crippen molar-refractivity contribution >= 4 is 0 Å². The number of alkyl halides is 3. The van der Waals surface area contributed by atoms with Gasteiger partial charge in [-0.3, -0.25) is 0 Å². The fourth-order valence-corrected chi connectivity index (χ4v) is 8.59. The van der Waals surface area contributed by atoms with Crippen molar-refractivity contribution in [2.75, 3.05) is 6.61 Å². The third-order valence-corrected chi connectivity index (χ3v) is 10.4. The van der Waals surface area contributed by atoms with Gasteiger partial charge in [-0.05, 0) is 111 Å². The Morgan fingerprint density at radius 3 is 2.28 bits per heavy atom. The number of aliphatic hydroxyl groups excluding tert-OH is 1. The zero-order valence-electron chi connectivity index (χ0n) is 18.1. The monoisotopic (exact) mass is 416 g/mol. The Bertz CT molecular complexity index is 607. The van der Waals surface area contributed by atoms with Gasteiger partial charge in [-0.1, -0.05) is 20.3 Å². The van der Waals surface area contributed by atoms with Crippen LogP contribution < -0.4 is 0 Å². The van der Waals surface area contributed by atoms with Crippen LogP contribution in [0.1, 0.15) is 90.9 Å². The summed E-state index contributed by atoms with van der Waals surface area (Å²) < 4.78 is 40.4. The summed E-state index contributed by atoms with van der Waals surface area (Å²) in [5, 5.41) is 19.5. The highest BCUT2D eigenvalue weighted by atomic mass is 19.4. The van der Waals surface area contributed by atoms with Crippen LogP contribution >= 0.6 is 0 Å². The van der Waals surface area contributed by atoms with Gasteiger partial charge in [-0.15, -0.1) is 0 Å². The lowest BCUT2D eigenvalue weighted by Gasteiger charge is -2.62. The molecule has 2 nitrogen and oxygen atoms in total. The molecule has 2 N–H and O–H groups in total. The first kappa shape index (κ1) is 21.9. The third-order valence-electron chi connectivity index (χ3n) is 10.4. The van der Waals surface area contributed by atoms with Crippen LogP contribution in [0.15, 0.2) is 0 Å². The fraction of sp³-hybridized carbons (Fsp3) is 1.00. The zero-order valence-corrected chi connectivity index (χ0v) is 18.1. The summed E-state index contributed by atoms with van der Waals surface area (Å²) in [5.74, 6) is 2.62. The van der Waals surface area contributed by atoms with Crippen LogP contribution in [0.4, 0.5) is 13.2 Å². The maximum atomic E-state index is 13.5. The summed E-state index contributed by atoms with van der Waals surface area (Å²) in [7, 11) is 0. The van der Waals surface area contributed by atoms with Crippen molar-refractivity contribution in [3.05, 3.63) is 0 Å². The molecule has 0 spiro atoms. The van der Waals surface area contributed by atoms with Crippen LogP contribution in [0.2, 0.25) is 0 Å². The van der Waals surface area contributed by atoms with Crippen molar-refractivity contribution in [2.24, 2.45) is 40.4 Å². The van der Waals surface area contributed by atoms with E-state index in [0.717, 1.165) is 38.0 Å². The van der Waals surface area contributed by atoms with E-state index in [9.17, 15) is 18.3 Å². The van der Waals surface area contributed by atoms with E-state index in [0.29, 0.717) is 29.6 Å². The van der Waals surface area contributed by atoms with Crippen LogP contribution in [0.5, 0.6) is 0 Å². The molecule has 6 unspecified atom stereocenters. The molecule has 4 aliphatic carbocycles. The van der Waals surface area contributed by atoms with Crippen LogP contribution in [0.25, 0.3) is 0 Å². The molecule has 0 heterocycles. The van der Waals surface area contributed by atoms with Crippen LogP contribution in [-0.4, -0.2) is 28.6 Å². The molecular formula is C24H39F3O2. The summed E-state index contributed by atoms with van der Waals surface area (Å²) in [4.78, 5) is 0. The lowest BCUT2D eigenvalue weighted by Crippen LogP contribution is -2.59. The van der Waals surface area contributed by atoms with E-state index < -0.39 is 11.8 Å². The van der Waals surface area contributed by atoms with Gasteiger partial charge < -0.3 is 10.2 Å². The first-order valence-electron chi connectivity index (χ1n) is 12.0. The minimum absolute atomic E-state index is 0.00441. The van der Waals surface area contributed by atoms with Gasteiger partial charge in [-0.2, -0.15) is 13.2 Å². The van der Waals surface area contributed by atoms with Gasteiger partial charge >= 0.3 is 6.18 Å². The Labute approximate surface area is 173 Å². The molecule has 0 saturated heterocycles. The van der Waals surface area contributed by atoms with Gasteiger partial charge in [0.2, 0.25) is 0 Å². The quantitative estimate of drug-likeness (QED) is 0.544. The lowest BCUT2D eigenvalue weighted by molar-refractivity contribution is -0.290. The van der Waals surface area contributed by atoms with Crippen molar-refractivity contribution in [3.63, 3.8) is 0 Å². The van der Waals surface area contributed by atoms with E-state index in [1.54, 1.807) is 0 Å². The summed E-state index contributed by atoms with van der Waals surface area (Å²) in [5.41, 5.74) is -2.14. The molecule has 4 fully saturated rings.